The van der Waals surface area contributed by atoms with E-state index in [-0.39, 0.29) is 16.6 Å². The van der Waals surface area contributed by atoms with Crippen LogP contribution >= 0.6 is 11.3 Å². The maximum absolute atomic E-state index is 12.2. The van der Waals surface area contributed by atoms with Crippen molar-refractivity contribution < 1.29 is 57.2 Å². The second-order valence-corrected chi connectivity index (χ2v) is 8.37. The Morgan fingerprint density at radius 2 is 1.47 bits per heavy atom. The van der Waals surface area contributed by atoms with Gasteiger partial charge in [-0.25, -0.2) is 9.78 Å². The highest BCUT2D eigenvalue weighted by atomic mass is 32.1. The van der Waals surface area contributed by atoms with Gasteiger partial charge in [0.15, 0.2) is 29.7 Å². The number of esters is 5. The molecular formula is C21H26N2O12S. The summed E-state index contributed by atoms with van der Waals surface area (Å²) in [6.45, 7) is 5.63. The van der Waals surface area contributed by atoms with E-state index in [2.05, 4.69) is 15.0 Å². The summed E-state index contributed by atoms with van der Waals surface area (Å²) in [6, 6.07) is 0. The zero-order chi connectivity index (χ0) is 27.0. The second-order valence-electron chi connectivity index (χ2n) is 7.34. The molecule has 5 atom stereocenters. The van der Waals surface area contributed by atoms with Crippen LogP contribution < -0.4 is 5.32 Å². The van der Waals surface area contributed by atoms with Crippen molar-refractivity contribution in [1.29, 1.82) is 0 Å². The second kappa shape index (κ2) is 12.9. The van der Waals surface area contributed by atoms with Gasteiger partial charge in [-0.1, -0.05) is 11.3 Å². The van der Waals surface area contributed by atoms with Gasteiger partial charge in [0.1, 0.15) is 17.6 Å². The summed E-state index contributed by atoms with van der Waals surface area (Å²) in [6.07, 6.45) is -5.35. The SMILES string of the molecule is CCOC(=O)C(=O)c1cnc(N[C@@H]2O[C@H](COC(C)=O)[C@@H](OC(C)=O)[C@H](OC(C)=O)[C@@H]2OC(C)=O)s1. The van der Waals surface area contributed by atoms with E-state index in [1.807, 2.05) is 0 Å². The number of nitrogens with one attached hydrogen (secondary N) is 1. The van der Waals surface area contributed by atoms with Crippen LogP contribution in [0.1, 0.15) is 44.3 Å². The number of Topliss-reactive ketones (excluding diaryl/α,β-unsaturated/α-hetero) is 1. The molecule has 0 amide bonds. The van der Waals surface area contributed by atoms with Crippen molar-refractivity contribution in [3.8, 4) is 0 Å². The van der Waals surface area contributed by atoms with Crippen LogP contribution in [0.5, 0.6) is 0 Å². The van der Waals surface area contributed by atoms with Crippen molar-refractivity contribution in [1.82, 2.24) is 4.98 Å². The number of hydrogen-bond acceptors (Lipinski definition) is 15. The maximum atomic E-state index is 12.2. The number of ether oxygens (including phenoxy) is 6. The Morgan fingerprint density at radius 3 is 2.03 bits per heavy atom. The summed E-state index contributed by atoms with van der Waals surface area (Å²) in [5, 5.41) is 2.88. The molecule has 0 radical (unpaired) electrons. The molecule has 2 rings (SSSR count). The molecule has 0 aliphatic carbocycles. The van der Waals surface area contributed by atoms with Crippen LogP contribution in [0, 0.1) is 0 Å². The summed E-state index contributed by atoms with van der Waals surface area (Å²) in [5.74, 6) is -4.94. The molecule has 0 spiro atoms. The summed E-state index contributed by atoms with van der Waals surface area (Å²) in [4.78, 5) is 74.8. The minimum Gasteiger partial charge on any atom is -0.463 e. The van der Waals surface area contributed by atoms with E-state index in [0.717, 1.165) is 45.2 Å². The van der Waals surface area contributed by atoms with Crippen molar-refractivity contribution in [3.63, 3.8) is 0 Å². The lowest BCUT2D eigenvalue weighted by molar-refractivity contribution is -0.247. The van der Waals surface area contributed by atoms with E-state index in [1.165, 1.54) is 0 Å². The average Bonchev–Trinajstić information content (AvgIpc) is 3.23. The Balaban J connectivity index is 2.41. The number of hydrogen-bond donors (Lipinski definition) is 1. The molecule has 36 heavy (non-hydrogen) atoms. The monoisotopic (exact) mass is 530 g/mol. The average molecular weight is 531 g/mol. The molecule has 198 valence electrons. The molecule has 1 fully saturated rings. The van der Waals surface area contributed by atoms with Gasteiger partial charge in [0.25, 0.3) is 5.78 Å². The molecule has 1 aliphatic rings. The Hall–Kier alpha value is -3.59. The van der Waals surface area contributed by atoms with Crippen molar-refractivity contribution in [2.24, 2.45) is 0 Å². The molecule has 1 saturated heterocycles. The van der Waals surface area contributed by atoms with Crippen LogP contribution in [0.25, 0.3) is 0 Å². The molecular weight excluding hydrogens is 504 g/mol. The van der Waals surface area contributed by atoms with E-state index in [9.17, 15) is 28.8 Å². The predicted molar refractivity (Wildman–Crippen MR) is 119 cm³/mol. The fourth-order valence-electron chi connectivity index (χ4n) is 3.21. The van der Waals surface area contributed by atoms with Gasteiger partial charge >= 0.3 is 29.8 Å². The maximum Gasteiger partial charge on any atom is 0.380 e. The zero-order valence-corrected chi connectivity index (χ0v) is 20.9. The molecule has 1 aromatic heterocycles. The minimum absolute atomic E-state index is 0.0131. The highest BCUT2D eigenvalue weighted by Gasteiger charge is 2.52. The lowest BCUT2D eigenvalue weighted by atomic mass is 9.97. The first-order chi connectivity index (χ1) is 16.9. The lowest BCUT2D eigenvalue weighted by Crippen LogP contribution is -2.64. The van der Waals surface area contributed by atoms with Gasteiger partial charge in [-0.2, -0.15) is 0 Å². The number of aromatic nitrogens is 1. The van der Waals surface area contributed by atoms with Gasteiger partial charge in [-0.3, -0.25) is 24.0 Å². The molecule has 1 aliphatic heterocycles. The fourth-order valence-corrected chi connectivity index (χ4v) is 3.98. The number of rotatable bonds is 10. The third-order valence-electron chi connectivity index (χ3n) is 4.45. The van der Waals surface area contributed by atoms with Crippen molar-refractivity contribution in [2.75, 3.05) is 18.5 Å². The first-order valence-corrected chi connectivity index (χ1v) is 11.5. The predicted octanol–water partition coefficient (Wildman–Crippen LogP) is 0.384. The summed E-state index contributed by atoms with van der Waals surface area (Å²) >= 11 is 0.784. The van der Waals surface area contributed by atoms with Gasteiger partial charge in [-0.15, -0.1) is 0 Å². The molecule has 1 N–H and O–H groups in total. The fraction of sp³-hybridized carbons (Fsp3) is 0.571. The molecule has 0 bridgehead atoms. The van der Waals surface area contributed by atoms with Gasteiger partial charge in [0.05, 0.1) is 12.8 Å². The van der Waals surface area contributed by atoms with Gasteiger partial charge in [0, 0.05) is 27.7 Å². The molecule has 0 unspecified atom stereocenters. The topological polar surface area (TPSA) is 183 Å². The molecule has 0 aromatic carbocycles. The molecule has 1 aromatic rings. The zero-order valence-electron chi connectivity index (χ0n) is 20.1. The quantitative estimate of drug-likeness (QED) is 0.190. The van der Waals surface area contributed by atoms with E-state index < -0.39 is 72.9 Å². The molecule has 14 nitrogen and oxygen atoms in total. The Labute approximate surface area is 209 Å². The Bertz CT molecular complexity index is 1010. The third kappa shape index (κ3) is 7.98. The Kier molecular flexibility index (Phi) is 10.3. The molecule has 0 saturated carbocycles. The number of carbonyl (C=O) groups excluding carboxylic acids is 6. The first kappa shape index (κ1) is 28.6. The number of carbonyl (C=O) groups is 6. The molecule has 15 heteroatoms. The lowest BCUT2D eigenvalue weighted by Gasteiger charge is -2.44. The van der Waals surface area contributed by atoms with E-state index in [4.69, 9.17) is 23.7 Å². The van der Waals surface area contributed by atoms with Crippen LogP contribution in [0.15, 0.2) is 6.20 Å². The largest absolute Gasteiger partial charge is 0.463 e. The van der Waals surface area contributed by atoms with Crippen LogP contribution in [-0.4, -0.2) is 84.5 Å². The first-order valence-electron chi connectivity index (χ1n) is 10.7. The van der Waals surface area contributed by atoms with Crippen molar-refractivity contribution in [3.05, 3.63) is 11.1 Å². The summed E-state index contributed by atoms with van der Waals surface area (Å²) < 4.78 is 31.5. The van der Waals surface area contributed by atoms with Crippen LogP contribution in [-0.2, 0) is 52.4 Å². The molecule has 2 heterocycles. The number of ketones is 1. The van der Waals surface area contributed by atoms with Crippen LogP contribution in [0.2, 0.25) is 0 Å². The standard InChI is InChI=1S/C21H26N2O12S/c1-6-30-20(29)15(28)14-7-22-21(36-14)23-19-18(34-12(5)27)17(33-11(4)26)16(32-10(3)25)13(35-19)8-31-9(2)24/h7,13,16-19H,6,8H2,1-5H3,(H,22,23)/t13-,16-,17+,18+,19-/m1/s1. The third-order valence-corrected chi connectivity index (χ3v) is 5.37. The smallest absolute Gasteiger partial charge is 0.380 e. The van der Waals surface area contributed by atoms with E-state index in [0.29, 0.717) is 0 Å². The van der Waals surface area contributed by atoms with Gasteiger partial charge in [-0.05, 0) is 6.92 Å². The highest BCUT2D eigenvalue weighted by Crippen LogP contribution is 2.31. The van der Waals surface area contributed by atoms with E-state index >= 15 is 0 Å². The Morgan fingerprint density at radius 1 is 0.889 bits per heavy atom. The minimum atomic E-state index is -1.37. The van der Waals surface area contributed by atoms with Gasteiger partial charge < -0.3 is 33.7 Å². The van der Waals surface area contributed by atoms with E-state index in [1.54, 1.807) is 6.92 Å². The van der Waals surface area contributed by atoms with Crippen LogP contribution in [0.3, 0.4) is 0 Å². The highest BCUT2D eigenvalue weighted by molar-refractivity contribution is 7.18. The summed E-state index contributed by atoms with van der Waals surface area (Å²) in [7, 11) is 0. The number of thiazole rings is 1. The van der Waals surface area contributed by atoms with Crippen molar-refractivity contribution >= 4 is 52.1 Å². The van der Waals surface area contributed by atoms with Crippen LogP contribution in [0.4, 0.5) is 5.13 Å². The number of nitrogens with zero attached hydrogens (tertiary/aromatic N) is 1. The van der Waals surface area contributed by atoms with Crippen molar-refractivity contribution in [2.45, 2.75) is 65.3 Å². The normalized spacial score (nSPS) is 23.1. The number of anilines is 1. The van der Waals surface area contributed by atoms with Gasteiger partial charge in [0.2, 0.25) is 0 Å². The summed E-state index contributed by atoms with van der Waals surface area (Å²) in [5.41, 5.74) is 0.